The molecule has 2 N–H and O–H groups in total. The highest BCUT2D eigenvalue weighted by atomic mass is 32.2. The average Bonchev–Trinajstić information content (AvgIpc) is 2.93. The maximum absolute atomic E-state index is 12.2. The van der Waals surface area contributed by atoms with Gasteiger partial charge in [-0.2, -0.15) is 0 Å². The highest BCUT2D eigenvalue weighted by molar-refractivity contribution is 7.89. The molecule has 128 valence electrons. The number of sulfone groups is 1. The van der Waals surface area contributed by atoms with Crippen LogP contribution in [-0.2, 0) is 20.4 Å². The van der Waals surface area contributed by atoms with E-state index < -0.39 is 27.8 Å². The van der Waals surface area contributed by atoms with Crippen molar-refractivity contribution in [3.8, 4) is 0 Å². The minimum absolute atomic E-state index is 0.0695. The Morgan fingerprint density at radius 1 is 1.17 bits per heavy atom. The Morgan fingerprint density at radius 2 is 1.83 bits per heavy atom. The molecule has 0 fully saturated rings. The molecule has 0 aliphatic rings. The molecule has 0 spiro atoms. The number of carbonyl (C=O) groups excluding carboxylic acids is 1. The van der Waals surface area contributed by atoms with Crippen molar-refractivity contribution in [2.45, 2.75) is 18.2 Å². The molecular weight excluding hydrogens is 334 g/mol. The van der Waals surface area contributed by atoms with E-state index in [2.05, 4.69) is 5.32 Å². The van der Waals surface area contributed by atoms with Crippen molar-refractivity contribution in [2.24, 2.45) is 0 Å². The van der Waals surface area contributed by atoms with Gasteiger partial charge in [-0.1, -0.05) is 30.3 Å². The molecule has 0 bridgehead atoms. The molecule has 2 aromatic rings. The van der Waals surface area contributed by atoms with Crippen molar-refractivity contribution >= 4 is 21.7 Å². The van der Waals surface area contributed by atoms with Gasteiger partial charge in [-0.25, -0.2) is 8.42 Å². The number of benzene rings is 1. The number of nitrogens with one attached hydrogen (secondary N) is 1. The number of carbonyl (C=O) groups is 2. The average molecular weight is 351 g/mol. The van der Waals surface area contributed by atoms with Crippen LogP contribution in [0.5, 0.6) is 0 Å². The zero-order valence-electron chi connectivity index (χ0n) is 12.9. The number of hydrogen-bond donors (Lipinski definition) is 2. The van der Waals surface area contributed by atoms with Crippen LogP contribution in [-0.4, -0.2) is 31.7 Å². The van der Waals surface area contributed by atoms with Crippen molar-refractivity contribution in [3.05, 3.63) is 59.5 Å². The summed E-state index contributed by atoms with van der Waals surface area (Å²) in [5, 5.41) is 11.6. The monoisotopic (exact) mass is 351 g/mol. The number of rotatable bonds is 7. The van der Waals surface area contributed by atoms with Gasteiger partial charge >= 0.3 is 5.97 Å². The molecule has 0 saturated heterocycles. The van der Waals surface area contributed by atoms with Crippen molar-refractivity contribution in [1.82, 2.24) is 5.32 Å². The zero-order valence-corrected chi connectivity index (χ0v) is 13.7. The number of carboxylic acids is 1. The molecule has 0 aliphatic carbocycles. The lowest BCUT2D eigenvalue weighted by molar-refractivity contribution is -0.137. The van der Waals surface area contributed by atoms with Gasteiger partial charge < -0.3 is 14.8 Å². The first-order chi connectivity index (χ1) is 11.2. The molecule has 0 saturated carbocycles. The van der Waals surface area contributed by atoms with Crippen LogP contribution in [0, 0.1) is 0 Å². The van der Waals surface area contributed by atoms with Crippen LogP contribution in [0.15, 0.2) is 46.9 Å². The number of hydrogen-bond acceptors (Lipinski definition) is 5. The van der Waals surface area contributed by atoms with E-state index >= 15 is 0 Å². The third kappa shape index (κ3) is 5.24. The van der Waals surface area contributed by atoms with Crippen molar-refractivity contribution < 1.29 is 27.5 Å². The van der Waals surface area contributed by atoms with E-state index in [0.717, 1.165) is 6.26 Å². The highest BCUT2D eigenvalue weighted by Gasteiger charge is 2.21. The maximum Gasteiger partial charge on any atom is 0.305 e. The molecule has 1 amide bonds. The largest absolute Gasteiger partial charge is 0.481 e. The topological polar surface area (TPSA) is 114 Å². The molecular formula is C16H17NO6S. The summed E-state index contributed by atoms with van der Waals surface area (Å²) in [6.07, 6.45) is 0.778. The van der Waals surface area contributed by atoms with E-state index in [4.69, 9.17) is 9.52 Å². The van der Waals surface area contributed by atoms with Crippen molar-refractivity contribution in [1.29, 1.82) is 0 Å². The Balaban J connectivity index is 2.14. The molecule has 1 heterocycles. The SMILES string of the molecule is CS(=O)(=O)Cc1ccc(C(=O)NC(CC(=O)O)c2ccccc2)o1. The van der Waals surface area contributed by atoms with Crippen LogP contribution >= 0.6 is 0 Å². The second-order valence-electron chi connectivity index (χ2n) is 5.37. The van der Waals surface area contributed by atoms with Gasteiger partial charge in [-0.05, 0) is 17.7 Å². The molecule has 1 aromatic heterocycles. The summed E-state index contributed by atoms with van der Waals surface area (Å²) in [5.41, 5.74) is 0.649. The molecule has 7 nitrogen and oxygen atoms in total. The van der Waals surface area contributed by atoms with Crippen LogP contribution < -0.4 is 5.32 Å². The number of aliphatic carboxylic acids is 1. The summed E-state index contributed by atoms with van der Waals surface area (Å²) in [5.74, 6) is -1.89. The molecule has 1 aromatic carbocycles. The Kier molecular flexibility index (Phi) is 5.40. The maximum atomic E-state index is 12.2. The third-order valence-electron chi connectivity index (χ3n) is 3.18. The fraction of sp³-hybridized carbons (Fsp3) is 0.250. The summed E-state index contributed by atoms with van der Waals surface area (Å²) in [4.78, 5) is 23.3. The molecule has 0 aliphatic heterocycles. The normalized spacial score (nSPS) is 12.5. The van der Waals surface area contributed by atoms with E-state index in [-0.39, 0.29) is 23.7 Å². The Hall–Kier alpha value is -2.61. The lowest BCUT2D eigenvalue weighted by Gasteiger charge is -2.16. The van der Waals surface area contributed by atoms with Gasteiger partial charge in [-0.15, -0.1) is 0 Å². The minimum Gasteiger partial charge on any atom is -0.481 e. The lowest BCUT2D eigenvalue weighted by atomic mass is 10.0. The van der Waals surface area contributed by atoms with Gasteiger partial charge in [0.1, 0.15) is 11.5 Å². The van der Waals surface area contributed by atoms with Gasteiger partial charge in [0.15, 0.2) is 15.6 Å². The summed E-state index contributed by atoms with van der Waals surface area (Å²) in [7, 11) is -3.27. The summed E-state index contributed by atoms with van der Waals surface area (Å²) < 4.78 is 27.7. The van der Waals surface area contributed by atoms with Crippen molar-refractivity contribution in [3.63, 3.8) is 0 Å². The highest BCUT2D eigenvalue weighted by Crippen LogP contribution is 2.18. The quantitative estimate of drug-likeness (QED) is 0.786. The smallest absolute Gasteiger partial charge is 0.305 e. The van der Waals surface area contributed by atoms with Crippen LogP contribution in [0.3, 0.4) is 0 Å². The molecule has 0 radical (unpaired) electrons. The molecule has 1 atom stereocenters. The van der Waals surface area contributed by atoms with Crippen LogP contribution in [0.25, 0.3) is 0 Å². The van der Waals surface area contributed by atoms with E-state index in [9.17, 15) is 18.0 Å². The number of furan rings is 1. The second kappa shape index (κ2) is 7.31. The predicted octanol–water partition coefficient (Wildman–Crippen LogP) is 1.77. The standard InChI is InChI=1S/C16H17NO6S/c1-24(21,22)10-12-7-8-14(23-12)16(20)17-13(9-15(18)19)11-5-3-2-4-6-11/h2-8,13H,9-10H2,1H3,(H,17,20)(H,18,19). The Morgan fingerprint density at radius 3 is 2.42 bits per heavy atom. The minimum atomic E-state index is -3.27. The second-order valence-corrected chi connectivity index (χ2v) is 7.51. The first kappa shape index (κ1) is 17.7. The van der Waals surface area contributed by atoms with Gasteiger partial charge in [0.2, 0.25) is 0 Å². The Labute approximate surface area is 139 Å². The van der Waals surface area contributed by atoms with Crippen LogP contribution in [0.4, 0.5) is 0 Å². The predicted molar refractivity (Wildman–Crippen MR) is 86.2 cm³/mol. The number of amides is 1. The molecule has 2 rings (SSSR count). The van der Waals surface area contributed by atoms with Gasteiger partial charge in [0.05, 0.1) is 12.5 Å². The molecule has 8 heteroatoms. The molecule has 24 heavy (non-hydrogen) atoms. The van der Waals surface area contributed by atoms with E-state index in [1.807, 2.05) is 0 Å². The summed E-state index contributed by atoms with van der Waals surface area (Å²) in [6, 6.07) is 10.7. The fourth-order valence-electron chi connectivity index (χ4n) is 2.18. The van der Waals surface area contributed by atoms with Gasteiger partial charge in [0, 0.05) is 6.26 Å². The zero-order chi connectivity index (χ0) is 17.7. The van der Waals surface area contributed by atoms with E-state index in [1.165, 1.54) is 12.1 Å². The van der Waals surface area contributed by atoms with E-state index in [1.54, 1.807) is 30.3 Å². The van der Waals surface area contributed by atoms with E-state index in [0.29, 0.717) is 5.56 Å². The third-order valence-corrected chi connectivity index (χ3v) is 3.98. The fourth-order valence-corrected chi connectivity index (χ4v) is 2.85. The van der Waals surface area contributed by atoms with Crippen LogP contribution in [0.2, 0.25) is 0 Å². The first-order valence-corrected chi connectivity index (χ1v) is 9.14. The Bertz CT molecular complexity index is 825. The summed E-state index contributed by atoms with van der Waals surface area (Å²) in [6.45, 7) is 0. The van der Waals surface area contributed by atoms with Crippen LogP contribution in [0.1, 0.15) is 34.3 Å². The first-order valence-electron chi connectivity index (χ1n) is 7.08. The van der Waals surface area contributed by atoms with Gasteiger partial charge in [-0.3, -0.25) is 9.59 Å². The summed E-state index contributed by atoms with van der Waals surface area (Å²) >= 11 is 0. The number of carboxylic acid groups (broad SMARTS) is 1. The lowest BCUT2D eigenvalue weighted by Crippen LogP contribution is -2.29. The van der Waals surface area contributed by atoms with Gasteiger partial charge in [0.25, 0.3) is 5.91 Å². The molecule has 1 unspecified atom stereocenters. The van der Waals surface area contributed by atoms with Crippen molar-refractivity contribution in [2.75, 3.05) is 6.26 Å².